The molecule has 0 saturated carbocycles. The first-order chi connectivity index (χ1) is 12.3. The highest BCUT2D eigenvalue weighted by Gasteiger charge is 2.36. The van der Waals surface area contributed by atoms with Gasteiger partial charge in [0.25, 0.3) is 11.6 Å². The van der Waals surface area contributed by atoms with Crippen molar-refractivity contribution in [2.75, 3.05) is 27.4 Å². The van der Waals surface area contributed by atoms with Crippen LogP contribution in [-0.4, -0.2) is 55.1 Å². The van der Waals surface area contributed by atoms with E-state index in [4.69, 9.17) is 14.2 Å². The summed E-state index contributed by atoms with van der Waals surface area (Å²) >= 11 is 0. The van der Waals surface area contributed by atoms with Crippen LogP contribution < -0.4 is 9.47 Å². The molecule has 0 aromatic heterocycles. The predicted octanol–water partition coefficient (Wildman–Crippen LogP) is 1.95. The van der Waals surface area contributed by atoms with E-state index in [1.54, 1.807) is 0 Å². The number of carbonyl (C=O) groups is 2. The Balaban J connectivity index is 2.42. The van der Waals surface area contributed by atoms with Crippen molar-refractivity contribution in [3.8, 4) is 11.5 Å². The van der Waals surface area contributed by atoms with Crippen LogP contribution in [0, 0.1) is 10.1 Å². The molecule has 1 fully saturated rings. The highest BCUT2D eigenvalue weighted by atomic mass is 16.6. The molecule has 1 aromatic rings. The normalized spacial score (nSPS) is 16.3. The average molecular weight is 364 g/mol. The standard InChI is InChI=1S/C17H20N2O7/c1-10-5-12(9-26-11(2)20)18(8-10)17(21)13-6-15(24-3)16(25-4)7-14(13)19(22)23/h6-7,12H,1,5,8-9H2,2-4H3/t12-/m0/s1. The van der Waals surface area contributed by atoms with Crippen molar-refractivity contribution >= 4 is 17.6 Å². The van der Waals surface area contributed by atoms with Crippen LogP contribution in [-0.2, 0) is 9.53 Å². The van der Waals surface area contributed by atoms with Crippen molar-refractivity contribution in [2.45, 2.75) is 19.4 Å². The van der Waals surface area contributed by atoms with E-state index in [9.17, 15) is 19.7 Å². The van der Waals surface area contributed by atoms with Gasteiger partial charge in [0.15, 0.2) is 11.5 Å². The minimum Gasteiger partial charge on any atom is -0.493 e. The number of methoxy groups -OCH3 is 2. The molecule has 1 heterocycles. The monoisotopic (exact) mass is 364 g/mol. The van der Waals surface area contributed by atoms with Crippen LogP contribution >= 0.6 is 0 Å². The lowest BCUT2D eigenvalue weighted by atomic mass is 10.1. The van der Waals surface area contributed by atoms with E-state index in [0.717, 1.165) is 11.6 Å². The van der Waals surface area contributed by atoms with Gasteiger partial charge in [-0.1, -0.05) is 12.2 Å². The van der Waals surface area contributed by atoms with Gasteiger partial charge < -0.3 is 19.1 Å². The number of nitro groups is 1. The number of nitrogens with zero attached hydrogens (tertiary/aromatic N) is 2. The van der Waals surface area contributed by atoms with Gasteiger partial charge in [-0.15, -0.1) is 0 Å². The Morgan fingerprint density at radius 3 is 2.46 bits per heavy atom. The number of amides is 1. The van der Waals surface area contributed by atoms with Crippen molar-refractivity contribution in [2.24, 2.45) is 0 Å². The molecule has 1 atom stereocenters. The third-order valence-electron chi connectivity index (χ3n) is 4.03. The highest BCUT2D eigenvalue weighted by Crippen LogP contribution is 2.36. The number of carbonyl (C=O) groups excluding carboxylic acids is 2. The van der Waals surface area contributed by atoms with Crippen LogP contribution in [0.15, 0.2) is 24.3 Å². The Labute approximate surface area is 150 Å². The van der Waals surface area contributed by atoms with Crippen LogP contribution in [0.4, 0.5) is 5.69 Å². The first-order valence-electron chi connectivity index (χ1n) is 7.79. The van der Waals surface area contributed by atoms with Crippen LogP contribution in [0.3, 0.4) is 0 Å². The molecule has 1 aliphatic rings. The molecule has 1 aliphatic heterocycles. The smallest absolute Gasteiger partial charge is 0.302 e. The van der Waals surface area contributed by atoms with Gasteiger partial charge in [0, 0.05) is 19.5 Å². The number of benzene rings is 1. The van der Waals surface area contributed by atoms with E-state index in [1.165, 1.54) is 32.1 Å². The van der Waals surface area contributed by atoms with E-state index in [1.807, 2.05) is 0 Å². The number of esters is 1. The molecule has 0 N–H and O–H groups in total. The Morgan fingerprint density at radius 1 is 1.31 bits per heavy atom. The first kappa shape index (κ1) is 19.2. The maximum Gasteiger partial charge on any atom is 0.302 e. The third kappa shape index (κ3) is 3.93. The van der Waals surface area contributed by atoms with Crippen LogP contribution in [0.5, 0.6) is 11.5 Å². The third-order valence-corrected chi connectivity index (χ3v) is 4.03. The summed E-state index contributed by atoms with van der Waals surface area (Å²) in [5.74, 6) is -0.672. The number of likely N-dealkylation sites (tertiary alicyclic amines) is 1. The largest absolute Gasteiger partial charge is 0.493 e. The molecule has 0 spiro atoms. The minimum atomic E-state index is -0.652. The van der Waals surface area contributed by atoms with Crippen LogP contribution in [0.25, 0.3) is 0 Å². The first-order valence-corrected chi connectivity index (χ1v) is 7.79. The van der Waals surface area contributed by atoms with Crippen molar-refractivity contribution in [1.82, 2.24) is 4.90 Å². The second-order valence-electron chi connectivity index (χ2n) is 5.83. The molecule has 140 valence electrons. The topological polar surface area (TPSA) is 108 Å². The molecule has 0 bridgehead atoms. The van der Waals surface area contributed by atoms with Crippen molar-refractivity contribution < 1.29 is 28.7 Å². The second-order valence-corrected chi connectivity index (χ2v) is 5.83. The Morgan fingerprint density at radius 2 is 1.92 bits per heavy atom. The maximum absolute atomic E-state index is 13.0. The average Bonchev–Trinajstić information content (AvgIpc) is 2.98. The van der Waals surface area contributed by atoms with Crippen molar-refractivity contribution in [3.63, 3.8) is 0 Å². The summed E-state index contributed by atoms with van der Waals surface area (Å²) in [5, 5.41) is 11.4. The highest BCUT2D eigenvalue weighted by molar-refractivity contribution is 5.99. The molecular formula is C17H20N2O7. The fourth-order valence-corrected chi connectivity index (χ4v) is 2.82. The van der Waals surface area contributed by atoms with Gasteiger partial charge in [-0.05, 0) is 6.42 Å². The fraction of sp³-hybridized carbons (Fsp3) is 0.412. The van der Waals surface area contributed by atoms with Crippen LogP contribution in [0.1, 0.15) is 23.7 Å². The Hall–Kier alpha value is -3.10. The predicted molar refractivity (Wildman–Crippen MR) is 91.4 cm³/mol. The molecule has 2 rings (SSSR count). The Kier molecular flexibility index (Phi) is 5.81. The Bertz CT molecular complexity index is 760. The molecule has 1 amide bonds. The number of ether oxygens (including phenoxy) is 3. The van der Waals surface area contributed by atoms with E-state index in [-0.39, 0.29) is 30.2 Å². The summed E-state index contributed by atoms with van der Waals surface area (Å²) in [5.41, 5.74) is 0.255. The minimum absolute atomic E-state index is 0.00117. The van der Waals surface area contributed by atoms with Crippen LogP contribution in [0.2, 0.25) is 0 Å². The zero-order valence-corrected chi connectivity index (χ0v) is 14.8. The van der Waals surface area contributed by atoms with Gasteiger partial charge in [0.1, 0.15) is 12.2 Å². The summed E-state index contributed by atoms with van der Waals surface area (Å²) in [6.07, 6.45) is 0.458. The van der Waals surface area contributed by atoms with E-state index in [0.29, 0.717) is 6.42 Å². The zero-order chi connectivity index (χ0) is 19.4. The summed E-state index contributed by atoms with van der Waals surface area (Å²) in [4.78, 5) is 36.2. The van der Waals surface area contributed by atoms with E-state index in [2.05, 4.69) is 6.58 Å². The molecule has 0 radical (unpaired) electrons. The van der Waals surface area contributed by atoms with Gasteiger partial charge >= 0.3 is 5.97 Å². The summed E-state index contributed by atoms with van der Waals surface area (Å²) in [7, 11) is 2.72. The lowest BCUT2D eigenvalue weighted by molar-refractivity contribution is -0.385. The molecule has 0 aliphatic carbocycles. The molecule has 0 unspecified atom stereocenters. The molecule has 1 aromatic carbocycles. The summed E-state index contributed by atoms with van der Waals surface area (Å²) in [6, 6.07) is 2.01. The summed E-state index contributed by atoms with van der Waals surface area (Å²) in [6.45, 7) is 5.37. The van der Waals surface area contributed by atoms with Gasteiger partial charge in [-0.25, -0.2) is 0 Å². The molecule has 9 nitrogen and oxygen atoms in total. The molecule has 9 heteroatoms. The van der Waals surface area contributed by atoms with Crippen molar-refractivity contribution in [3.05, 3.63) is 40.0 Å². The summed E-state index contributed by atoms with van der Waals surface area (Å²) < 4.78 is 15.2. The van der Waals surface area contributed by atoms with Gasteiger partial charge in [0.05, 0.1) is 31.3 Å². The lowest BCUT2D eigenvalue weighted by Crippen LogP contribution is -2.39. The number of nitro benzene ring substituents is 1. The number of hydrogen-bond acceptors (Lipinski definition) is 7. The van der Waals surface area contributed by atoms with Crippen molar-refractivity contribution in [1.29, 1.82) is 0 Å². The SMILES string of the molecule is C=C1C[C@@H](COC(C)=O)N(C(=O)c2cc(OC)c(OC)cc2[N+](=O)[O-])C1. The van der Waals surface area contributed by atoms with Gasteiger partial charge in [-0.3, -0.25) is 19.7 Å². The molecule has 1 saturated heterocycles. The zero-order valence-electron chi connectivity index (χ0n) is 14.8. The lowest BCUT2D eigenvalue weighted by Gasteiger charge is -2.24. The van der Waals surface area contributed by atoms with Gasteiger partial charge in [-0.2, -0.15) is 0 Å². The number of hydrogen-bond donors (Lipinski definition) is 0. The maximum atomic E-state index is 13.0. The van der Waals surface area contributed by atoms with E-state index >= 15 is 0 Å². The number of rotatable bonds is 6. The molecular weight excluding hydrogens is 344 g/mol. The van der Waals surface area contributed by atoms with Gasteiger partial charge in [0.2, 0.25) is 0 Å². The quantitative estimate of drug-likeness (QED) is 0.328. The fourth-order valence-electron chi connectivity index (χ4n) is 2.82. The second kappa shape index (κ2) is 7.85. The van der Waals surface area contributed by atoms with E-state index < -0.39 is 28.5 Å². The molecule has 26 heavy (non-hydrogen) atoms.